The number of H-pyrrole nitrogens is 1. The molecule has 148 valence electrons. The van der Waals surface area contributed by atoms with E-state index in [0.717, 1.165) is 59.6 Å². The molecule has 0 bridgehead atoms. The van der Waals surface area contributed by atoms with Crippen molar-refractivity contribution in [1.29, 1.82) is 0 Å². The number of nitrogens with zero attached hydrogens (tertiary/aromatic N) is 4. The zero-order valence-electron chi connectivity index (χ0n) is 16.7. The molecule has 1 atom stereocenters. The smallest absolute Gasteiger partial charge is 0.137 e. The van der Waals surface area contributed by atoms with Crippen LogP contribution in [0.25, 0.3) is 33.5 Å². The minimum absolute atomic E-state index is 0.0531. The fourth-order valence-corrected chi connectivity index (χ4v) is 4.51. The van der Waals surface area contributed by atoms with E-state index in [4.69, 9.17) is 4.98 Å². The molecular formula is C23H24FN5. The minimum Gasteiger partial charge on any atom is -0.346 e. The topological polar surface area (TPSA) is 49.7 Å². The van der Waals surface area contributed by atoms with Crippen LogP contribution >= 0.6 is 0 Å². The molecule has 1 aliphatic rings. The van der Waals surface area contributed by atoms with Crippen molar-refractivity contribution in [3.05, 3.63) is 60.9 Å². The predicted molar refractivity (Wildman–Crippen MR) is 113 cm³/mol. The summed E-state index contributed by atoms with van der Waals surface area (Å²) in [5, 5.41) is 1.06. The molecule has 1 unspecified atom stereocenters. The van der Waals surface area contributed by atoms with E-state index in [1.807, 2.05) is 24.8 Å². The van der Waals surface area contributed by atoms with Gasteiger partial charge in [-0.2, -0.15) is 0 Å². The van der Waals surface area contributed by atoms with E-state index >= 15 is 0 Å². The van der Waals surface area contributed by atoms with Crippen molar-refractivity contribution in [3.8, 4) is 22.5 Å². The van der Waals surface area contributed by atoms with Gasteiger partial charge in [0, 0.05) is 42.0 Å². The van der Waals surface area contributed by atoms with E-state index in [-0.39, 0.29) is 11.4 Å². The van der Waals surface area contributed by atoms with E-state index < -0.39 is 0 Å². The number of halogens is 1. The van der Waals surface area contributed by atoms with Gasteiger partial charge in [0.25, 0.3) is 0 Å². The summed E-state index contributed by atoms with van der Waals surface area (Å²) in [6.45, 7) is 7.61. The molecule has 29 heavy (non-hydrogen) atoms. The van der Waals surface area contributed by atoms with Crippen LogP contribution in [-0.2, 0) is 5.54 Å². The summed E-state index contributed by atoms with van der Waals surface area (Å²) in [6, 6.07) is 10.7. The lowest BCUT2D eigenvalue weighted by Gasteiger charge is -2.29. The number of pyridine rings is 1. The molecule has 0 aliphatic carbocycles. The molecule has 1 N–H and O–H groups in total. The second kappa shape index (κ2) is 6.81. The molecule has 1 fully saturated rings. The Morgan fingerprint density at radius 1 is 1.14 bits per heavy atom. The van der Waals surface area contributed by atoms with Gasteiger partial charge in [0.1, 0.15) is 11.5 Å². The Kier molecular flexibility index (Phi) is 4.24. The number of benzene rings is 1. The van der Waals surface area contributed by atoms with Crippen LogP contribution in [0.15, 0.2) is 55.1 Å². The third kappa shape index (κ3) is 2.95. The van der Waals surface area contributed by atoms with E-state index in [1.54, 1.807) is 12.1 Å². The van der Waals surface area contributed by atoms with Gasteiger partial charge in [-0.15, -0.1) is 0 Å². The number of hydrogen-bond donors (Lipinski definition) is 1. The average molecular weight is 389 g/mol. The average Bonchev–Trinajstić information content (AvgIpc) is 3.46. The third-order valence-corrected chi connectivity index (χ3v) is 6.16. The molecule has 5 rings (SSSR count). The number of likely N-dealkylation sites (N-methyl/N-ethyl adjacent to an activating group) is 1. The third-order valence-electron chi connectivity index (χ3n) is 6.16. The Labute approximate surface area is 169 Å². The van der Waals surface area contributed by atoms with E-state index in [0.29, 0.717) is 0 Å². The summed E-state index contributed by atoms with van der Waals surface area (Å²) in [5.41, 5.74) is 4.73. The van der Waals surface area contributed by atoms with Gasteiger partial charge in [-0.1, -0.05) is 6.92 Å². The Hall–Kier alpha value is -2.99. The van der Waals surface area contributed by atoms with Crippen molar-refractivity contribution in [2.24, 2.45) is 0 Å². The van der Waals surface area contributed by atoms with E-state index in [1.165, 1.54) is 12.1 Å². The molecule has 0 radical (unpaired) electrons. The fraction of sp³-hybridized carbons (Fsp3) is 0.304. The molecule has 1 saturated heterocycles. The normalized spacial score (nSPS) is 20.0. The van der Waals surface area contributed by atoms with E-state index in [9.17, 15) is 4.39 Å². The number of fused-ring (bicyclic) bond motifs is 1. The van der Waals surface area contributed by atoms with Gasteiger partial charge in [-0.25, -0.2) is 14.4 Å². The van der Waals surface area contributed by atoms with Crippen molar-refractivity contribution in [2.75, 3.05) is 19.6 Å². The highest BCUT2D eigenvalue weighted by atomic mass is 19.1. The molecule has 0 saturated carbocycles. The number of rotatable bonds is 4. The second-order valence-electron chi connectivity index (χ2n) is 8.03. The molecule has 0 amide bonds. The van der Waals surface area contributed by atoms with Crippen LogP contribution < -0.4 is 0 Å². The number of aromatic amines is 1. The van der Waals surface area contributed by atoms with Crippen molar-refractivity contribution in [1.82, 2.24) is 24.4 Å². The van der Waals surface area contributed by atoms with Gasteiger partial charge in [0.05, 0.1) is 23.3 Å². The van der Waals surface area contributed by atoms with Gasteiger partial charge >= 0.3 is 0 Å². The van der Waals surface area contributed by atoms with Gasteiger partial charge < -0.3 is 14.5 Å². The largest absolute Gasteiger partial charge is 0.346 e. The van der Waals surface area contributed by atoms with Gasteiger partial charge in [-0.05, 0) is 56.3 Å². The molecule has 4 heterocycles. The highest BCUT2D eigenvalue weighted by Crippen LogP contribution is 2.40. The maximum absolute atomic E-state index is 13.5. The van der Waals surface area contributed by atoms with Crippen LogP contribution in [0.1, 0.15) is 20.3 Å². The highest BCUT2D eigenvalue weighted by Gasteiger charge is 2.37. The van der Waals surface area contributed by atoms with Crippen LogP contribution in [0.4, 0.5) is 4.39 Å². The number of hydrogen-bond acceptors (Lipinski definition) is 3. The monoisotopic (exact) mass is 389 g/mol. The summed E-state index contributed by atoms with van der Waals surface area (Å²) in [6.07, 6.45) is 6.76. The molecule has 6 heteroatoms. The quantitative estimate of drug-likeness (QED) is 0.552. The first-order valence-electron chi connectivity index (χ1n) is 10.1. The Morgan fingerprint density at radius 2 is 1.97 bits per heavy atom. The Morgan fingerprint density at radius 3 is 2.72 bits per heavy atom. The highest BCUT2D eigenvalue weighted by molar-refractivity contribution is 5.95. The maximum Gasteiger partial charge on any atom is 0.137 e. The fourth-order valence-electron chi connectivity index (χ4n) is 4.51. The Bertz CT molecular complexity index is 1160. The van der Waals surface area contributed by atoms with Crippen molar-refractivity contribution in [3.63, 3.8) is 0 Å². The molecule has 4 aromatic rings. The summed E-state index contributed by atoms with van der Waals surface area (Å²) in [4.78, 5) is 14.9. The zero-order chi connectivity index (χ0) is 20.0. The maximum atomic E-state index is 13.5. The summed E-state index contributed by atoms with van der Waals surface area (Å²) >= 11 is 0. The summed E-state index contributed by atoms with van der Waals surface area (Å²) in [7, 11) is 0. The molecule has 1 aliphatic heterocycles. The van der Waals surface area contributed by atoms with Crippen molar-refractivity contribution >= 4 is 11.0 Å². The number of nitrogens with one attached hydrogen (secondary N) is 1. The molecule has 3 aromatic heterocycles. The predicted octanol–water partition coefficient (Wildman–Crippen LogP) is 4.67. The van der Waals surface area contributed by atoms with Gasteiger partial charge in [0.2, 0.25) is 0 Å². The van der Waals surface area contributed by atoms with Crippen molar-refractivity contribution in [2.45, 2.75) is 25.8 Å². The van der Waals surface area contributed by atoms with Crippen LogP contribution in [-0.4, -0.2) is 44.1 Å². The standard InChI is InChI=1S/C23H24FN5/c1-3-28-13-10-23(2,14-28)29-15-27-20(16-4-6-17(24)7-5-16)21(29)18-8-11-25-22-19(18)9-12-26-22/h4-9,11-12,15H,3,10,13-14H2,1-2H3,(H,25,26). The first kappa shape index (κ1) is 18.1. The first-order valence-corrected chi connectivity index (χ1v) is 10.1. The summed E-state index contributed by atoms with van der Waals surface area (Å²) < 4.78 is 15.9. The van der Waals surface area contributed by atoms with Crippen LogP contribution in [0.3, 0.4) is 0 Å². The van der Waals surface area contributed by atoms with Crippen molar-refractivity contribution < 1.29 is 4.39 Å². The van der Waals surface area contributed by atoms with Crippen LogP contribution in [0.2, 0.25) is 0 Å². The Balaban J connectivity index is 1.75. The number of imidazole rings is 1. The molecule has 1 aromatic carbocycles. The van der Waals surface area contributed by atoms with Crippen LogP contribution in [0.5, 0.6) is 0 Å². The number of likely N-dealkylation sites (tertiary alicyclic amines) is 1. The SMILES string of the molecule is CCN1CCC(C)(n2cnc(-c3ccc(F)cc3)c2-c2ccnc3[nH]ccc23)C1. The van der Waals surface area contributed by atoms with Gasteiger partial charge in [-0.3, -0.25) is 0 Å². The second-order valence-corrected chi connectivity index (χ2v) is 8.03. The summed E-state index contributed by atoms with van der Waals surface area (Å²) in [5.74, 6) is -0.243. The van der Waals surface area contributed by atoms with E-state index in [2.05, 4.69) is 39.3 Å². The first-order chi connectivity index (χ1) is 14.1. The van der Waals surface area contributed by atoms with Crippen LogP contribution in [0, 0.1) is 5.82 Å². The zero-order valence-corrected chi connectivity index (χ0v) is 16.7. The lowest BCUT2D eigenvalue weighted by molar-refractivity contribution is 0.284. The lowest BCUT2D eigenvalue weighted by Crippen LogP contribution is -2.34. The minimum atomic E-state index is -0.243. The lowest BCUT2D eigenvalue weighted by atomic mass is 9.97. The molecule has 0 spiro atoms. The molecule has 5 nitrogen and oxygen atoms in total. The van der Waals surface area contributed by atoms with Gasteiger partial charge in [0.15, 0.2) is 0 Å². The number of aromatic nitrogens is 4. The molecular weight excluding hydrogens is 365 g/mol.